The van der Waals surface area contributed by atoms with Crippen molar-refractivity contribution in [2.75, 3.05) is 14.7 Å². The maximum Gasteiger partial charge on any atom is -0.0380 e. The van der Waals surface area contributed by atoms with Crippen molar-refractivity contribution < 1.29 is 4.42 Å². The number of hydrogen-bond donors (Lipinski definition) is 0. The number of furan rings is 1. The van der Waals surface area contributed by atoms with Crippen molar-refractivity contribution in [2.24, 2.45) is 0 Å². The van der Waals surface area contributed by atoms with Crippen molar-refractivity contribution in [1.82, 2.24) is 0 Å². The van der Waals surface area contributed by atoms with Gasteiger partial charge in [0.05, 0.1) is 0 Å². The van der Waals surface area contributed by atoms with Gasteiger partial charge < -0.3 is 0 Å². The Balaban J connectivity index is 1.07. The average molecular weight is 949 g/mol. The molecule has 0 fully saturated rings. The molecule has 11 aromatic rings. The Kier molecular flexibility index (Phi) is 8.47. The van der Waals surface area contributed by atoms with Gasteiger partial charge in [-0.2, -0.15) is 0 Å². The van der Waals surface area contributed by atoms with Crippen LogP contribution in [0.15, 0.2) is 239 Å². The molecule has 0 N–H and O–H groups in total. The van der Waals surface area contributed by atoms with Crippen LogP contribution in [0.4, 0.5) is 51.2 Å². The van der Waals surface area contributed by atoms with E-state index in [-0.39, 0.29) is 28.4 Å². The zero-order chi connectivity index (χ0) is 44.5. The van der Waals surface area contributed by atoms with Gasteiger partial charge in [0, 0.05) is 11.4 Å². The first kappa shape index (κ1) is 38.5. The van der Waals surface area contributed by atoms with Gasteiger partial charge in [-0.1, -0.05) is 36.4 Å². The number of fused-ring (bicyclic) bond motifs is 12. The van der Waals surface area contributed by atoms with Crippen molar-refractivity contribution in [1.29, 1.82) is 0 Å². The molecule has 68 heavy (non-hydrogen) atoms. The summed E-state index contributed by atoms with van der Waals surface area (Å²) in [6.45, 7) is 0.0279. The van der Waals surface area contributed by atoms with Crippen LogP contribution in [0.3, 0.4) is 0 Å². The fourth-order valence-corrected chi connectivity index (χ4v) is 15.2. The van der Waals surface area contributed by atoms with Crippen molar-refractivity contribution >= 4 is 155 Å². The van der Waals surface area contributed by atoms with Crippen LogP contribution in [-0.2, 0) is 0 Å². The first-order chi connectivity index (χ1) is 33.7. The Hall–Kier alpha value is -7.60. The standard InChI is InChI=1S/C60H37B2N3OSSe/c1-5-19-38(20-6-1)63(39-21-7-2-8-22-39)42-33-50-58-54(34-42)67-53-31-17-14-28-44(53)61(58)46-35-47-49(36-48(46)64(50)40-23-9-3-10-24-40)65(41-25-11-4-12-26-41)60-57-43-27-13-16-30-51(43)66-52(57)37-56-59(60)62(47)45-29-15-18-32-55(45)68-56/h1-37H. The summed E-state index contributed by atoms with van der Waals surface area (Å²) in [7, 11) is 0. The summed E-state index contributed by atoms with van der Waals surface area (Å²) >= 11 is 1.99. The average Bonchev–Trinajstić information content (AvgIpc) is 3.77. The molecule has 0 saturated carbocycles. The maximum atomic E-state index is 6.83. The van der Waals surface area contributed by atoms with Crippen LogP contribution in [0.25, 0.3) is 21.9 Å². The number of anilines is 9. The Morgan fingerprint density at radius 3 is 1.74 bits per heavy atom. The molecule has 0 spiro atoms. The Bertz CT molecular complexity index is 3810. The number of benzene rings is 10. The summed E-state index contributed by atoms with van der Waals surface area (Å²) in [5, 5.41) is 2.32. The molecule has 15 rings (SSSR count). The molecule has 5 heterocycles. The third kappa shape index (κ3) is 5.60. The van der Waals surface area contributed by atoms with Gasteiger partial charge in [0.25, 0.3) is 0 Å². The molecule has 0 bridgehead atoms. The summed E-state index contributed by atoms with van der Waals surface area (Å²) in [4.78, 5) is 10.1. The quantitative estimate of drug-likeness (QED) is 0.160. The normalized spacial score (nSPS) is 13.6. The number of hydrogen-bond acceptors (Lipinski definition) is 5. The van der Waals surface area contributed by atoms with Crippen molar-refractivity contribution in [2.45, 2.75) is 9.79 Å². The van der Waals surface area contributed by atoms with Crippen LogP contribution in [-0.4, -0.2) is 28.4 Å². The van der Waals surface area contributed by atoms with Gasteiger partial charge in [0.2, 0.25) is 0 Å². The van der Waals surface area contributed by atoms with E-state index in [9.17, 15) is 0 Å². The third-order valence-corrected chi connectivity index (χ3v) is 17.8. The molecule has 0 radical (unpaired) electrons. The van der Waals surface area contributed by atoms with Gasteiger partial charge in [0.15, 0.2) is 0 Å². The second-order valence-electron chi connectivity index (χ2n) is 17.9. The molecule has 316 valence electrons. The van der Waals surface area contributed by atoms with Crippen molar-refractivity contribution in [3.63, 3.8) is 0 Å². The monoisotopic (exact) mass is 949 g/mol. The summed E-state index contributed by atoms with van der Waals surface area (Å²) in [6, 6.07) is 83.0. The van der Waals surface area contributed by atoms with E-state index >= 15 is 0 Å². The van der Waals surface area contributed by atoms with E-state index in [0.717, 1.165) is 45.0 Å². The second-order valence-corrected chi connectivity index (χ2v) is 21.3. The number of para-hydroxylation sites is 5. The van der Waals surface area contributed by atoms with E-state index in [1.807, 2.05) is 11.8 Å². The SMILES string of the molecule is c1ccc(N(c2ccccc2)c2cc3c4c(c2)N(c2ccccc2)c2cc5c(cc2B4c2ccccc2S3)B2c3ccccc3[Se]c3cc4oc6ccccc6c4c(c32)N5c2ccccc2)cc1. The minimum Gasteiger partial charge on any atom is -0.0602 e. The molecule has 8 heteroatoms. The predicted molar refractivity (Wildman–Crippen MR) is 289 cm³/mol. The summed E-state index contributed by atoms with van der Waals surface area (Å²) in [5.41, 5.74) is 20.4. The van der Waals surface area contributed by atoms with E-state index in [1.165, 1.54) is 79.6 Å². The minimum absolute atomic E-state index is 0.00283. The zero-order valence-electron chi connectivity index (χ0n) is 36.6. The molecular weight excluding hydrogens is 911 g/mol. The summed E-state index contributed by atoms with van der Waals surface area (Å²) in [6.07, 6.45) is 0. The fourth-order valence-electron chi connectivity index (χ4n) is 11.6. The Morgan fingerprint density at radius 1 is 0.412 bits per heavy atom. The van der Waals surface area contributed by atoms with Gasteiger partial charge in [-0.25, -0.2) is 0 Å². The van der Waals surface area contributed by atoms with Crippen LogP contribution in [0, 0.1) is 0 Å². The molecule has 4 nitrogen and oxygen atoms in total. The van der Waals surface area contributed by atoms with E-state index in [4.69, 9.17) is 4.42 Å². The Morgan fingerprint density at radius 2 is 1.00 bits per heavy atom. The van der Waals surface area contributed by atoms with Gasteiger partial charge >= 0.3 is 336 Å². The largest absolute Gasteiger partial charge is 0.0602 e. The number of rotatable bonds is 5. The van der Waals surface area contributed by atoms with Gasteiger partial charge in [-0.05, 0) is 24.3 Å². The molecule has 10 aromatic carbocycles. The third-order valence-electron chi connectivity index (χ3n) is 14.3. The van der Waals surface area contributed by atoms with E-state index < -0.39 is 0 Å². The topological polar surface area (TPSA) is 22.9 Å². The van der Waals surface area contributed by atoms with Crippen molar-refractivity contribution in [3.05, 3.63) is 224 Å². The summed E-state index contributed by atoms with van der Waals surface area (Å²) in [5.74, 6) is 0. The van der Waals surface area contributed by atoms with Crippen LogP contribution < -0.4 is 56.4 Å². The van der Waals surface area contributed by atoms with Gasteiger partial charge in [-0.3, -0.25) is 0 Å². The van der Waals surface area contributed by atoms with Crippen molar-refractivity contribution in [3.8, 4) is 0 Å². The van der Waals surface area contributed by atoms with E-state index in [0.29, 0.717) is 0 Å². The molecule has 4 aliphatic heterocycles. The molecular formula is C60H37B2N3OSSe. The van der Waals surface area contributed by atoms with E-state index in [2.05, 4.69) is 239 Å². The molecule has 0 atom stereocenters. The Labute approximate surface area is 405 Å². The molecule has 0 amide bonds. The first-order valence-electron chi connectivity index (χ1n) is 23.2. The van der Waals surface area contributed by atoms with Gasteiger partial charge in [-0.15, -0.1) is 0 Å². The van der Waals surface area contributed by atoms with Crippen LogP contribution in [0.1, 0.15) is 0 Å². The van der Waals surface area contributed by atoms with Gasteiger partial charge in [0.1, 0.15) is 0 Å². The molecule has 4 aliphatic rings. The van der Waals surface area contributed by atoms with Crippen LogP contribution in [0.5, 0.6) is 0 Å². The molecule has 1 aromatic heterocycles. The summed E-state index contributed by atoms with van der Waals surface area (Å²) < 4.78 is 9.65. The van der Waals surface area contributed by atoms with Crippen LogP contribution >= 0.6 is 11.8 Å². The maximum absolute atomic E-state index is 6.83. The molecule has 0 saturated heterocycles. The predicted octanol–water partition coefficient (Wildman–Crippen LogP) is 10.1. The first-order valence-corrected chi connectivity index (χ1v) is 25.8. The minimum atomic E-state index is 0.00283. The fraction of sp³-hybridized carbons (Fsp3) is 0. The van der Waals surface area contributed by atoms with Crippen LogP contribution in [0.2, 0.25) is 0 Å². The van der Waals surface area contributed by atoms with E-state index in [1.54, 1.807) is 0 Å². The molecule has 0 aliphatic carbocycles. The molecule has 0 unspecified atom stereocenters. The zero-order valence-corrected chi connectivity index (χ0v) is 39.1. The smallest absolute Gasteiger partial charge is 0.0380 e. The number of nitrogens with zero attached hydrogens (tertiary/aromatic N) is 3. The second kappa shape index (κ2) is 15.0.